The molecule has 0 bridgehead atoms. The van der Waals surface area contributed by atoms with Gasteiger partial charge in [-0.3, -0.25) is 19.7 Å². The summed E-state index contributed by atoms with van der Waals surface area (Å²) >= 11 is 6.57. The molecule has 0 spiro atoms. The second kappa shape index (κ2) is 9.40. The number of nitrogens with zero attached hydrogens (tertiary/aromatic N) is 4. The first kappa shape index (κ1) is 24.5. The number of hydrogen-bond acceptors (Lipinski definition) is 7. The number of nitro groups is 1. The Morgan fingerprint density at radius 1 is 1.30 bits per heavy atom. The number of fused-ring (bicyclic) bond motifs is 1. The first-order valence-corrected chi connectivity index (χ1v) is 11.1. The summed E-state index contributed by atoms with van der Waals surface area (Å²) in [7, 11) is 0. The maximum atomic E-state index is 13.2. The molecule has 0 radical (unpaired) electrons. The Morgan fingerprint density at radius 3 is 2.61 bits per heavy atom. The third-order valence-corrected chi connectivity index (χ3v) is 5.49. The van der Waals surface area contributed by atoms with Crippen LogP contribution in [0.1, 0.15) is 32.2 Å². The highest BCUT2D eigenvalue weighted by molar-refractivity contribution is 9.10. The van der Waals surface area contributed by atoms with E-state index in [0.29, 0.717) is 22.3 Å². The van der Waals surface area contributed by atoms with Crippen molar-refractivity contribution in [3.05, 3.63) is 71.1 Å². The normalized spacial score (nSPS) is 11.8. The van der Waals surface area contributed by atoms with Crippen molar-refractivity contribution in [3.8, 4) is 5.75 Å². The minimum Gasteiger partial charge on any atom is -0.476 e. The van der Waals surface area contributed by atoms with Crippen LogP contribution in [0.15, 0.2) is 49.2 Å². The fourth-order valence-electron chi connectivity index (χ4n) is 2.96. The zero-order chi connectivity index (χ0) is 24.5. The molecule has 12 heteroatoms. The molecule has 0 aliphatic heterocycles. The van der Waals surface area contributed by atoms with Gasteiger partial charge in [-0.1, -0.05) is 36.7 Å². The highest BCUT2D eigenvalue weighted by Gasteiger charge is 2.24. The molecule has 0 fully saturated rings. The Labute approximate surface area is 204 Å². The lowest BCUT2D eigenvalue weighted by Crippen LogP contribution is -2.29. The van der Waals surface area contributed by atoms with Crippen LogP contribution in [0.3, 0.4) is 0 Å². The van der Waals surface area contributed by atoms with Crippen LogP contribution in [-0.4, -0.2) is 33.3 Å². The first-order chi connectivity index (χ1) is 15.4. The molecule has 10 nitrogen and oxygen atoms in total. The van der Waals surface area contributed by atoms with Gasteiger partial charge in [-0.15, -0.1) is 0 Å². The van der Waals surface area contributed by atoms with E-state index in [9.17, 15) is 19.7 Å². The van der Waals surface area contributed by atoms with Crippen molar-refractivity contribution >= 4 is 60.6 Å². The predicted molar refractivity (Wildman–Crippen MR) is 131 cm³/mol. The van der Waals surface area contributed by atoms with Gasteiger partial charge in [-0.25, -0.2) is 4.98 Å². The van der Waals surface area contributed by atoms with E-state index in [1.54, 1.807) is 18.2 Å². The molecule has 1 amide bonds. The molecular formula is C21H19Br2N5O5. The number of rotatable bonds is 6. The van der Waals surface area contributed by atoms with Crippen LogP contribution in [0.5, 0.6) is 5.75 Å². The molecule has 2 N–H and O–H groups in total. The van der Waals surface area contributed by atoms with Gasteiger partial charge in [0.1, 0.15) is 5.82 Å². The monoisotopic (exact) mass is 579 g/mol. The Balaban J connectivity index is 2.15. The summed E-state index contributed by atoms with van der Waals surface area (Å²) in [6, 6.07) is 7.94. The van der Waals surface area contributed by atoms with Crippen LogP contribution in [-0.2, 0) is 10.2 Å². The molecule has 0 unspecified atom stereocenters. The van der Waals surface area contributed by atoms with E-state index in [-0.39, 0.29) is 15.8 Å². The summed E-state index contributed by atoms with van der Waals surface area (Å²) in [5.41, 5.74) is 4.63. The van der Waals surface area contributed by atoms with Gasteiger partial charge in [0.25, 0.3) is 11.5 Å². The largest absolute Gasteiger partial charge is 0.476 e. The van der Waals surface area contributed by atoms with E-state index in [2.05, 4.69) is 41.9 Å². The number of carbonyl (C=O) groups is 1. The molecule has 0 atom stereocenters. The Morgan fingerprint density at radius 2 is 2.00 bits per heavy atom. The highest BCUT2D eigenvalue weighted by atomic mass is 79.9. The number of amides is 1. The Bertz CT molecular complexity index is 1360. The van der Waals surface area contributed by atoms with E-state index in [4.69, 9.17) is 10.5 Å². The van der Waals surface area contributed by atoms with Crippen molar-refractivity contribution in [3.63, 3.8) is 0 Å². The van der Waals surface area contributed by atoms with Crippen LogP contribution >= 0.6 is 31.9 Å². The fourth-order valence-corrected chi connectivity index (χ4v) is 3.90. The lowest BCUT2D eigenvalue weighted by atomic mass is 9.95. The van der Waals surface area contributed by atoms with Crippen LogP contribution in [0.25, 0.3) is 10.9 Å². The van der Waals surface area contributed by atoms with Gasteiger partial charge in [0.15, 0.2) is 6.61 Å². The SMILES string of the molecule is CC(C)(C)c1nc2ccc(Br)cc2c(=O)n1N=Cc1cc(Br)c(OCC(N)=O)c([N+](=O)[O-])c1. The minimum absolute atomic E-state index is 0.138. The van der Waals surface area contributed by atoms with E-state index in [0.717, 1.165) is 4.47 Å². The second-order valence-electron chi connectivity index (χ2n) is 8.07. The first-order valence-electron chi connectivity index (χ1n) is 9.54. The molecule has 0 aliphatic carbocycles. The molecule has 3 rings (SSSR count). The standard InChI is InChI=1S/C21H19Br2N5O5/c1-21(2,3)20-26-15-5-4-12(22)8-13(15)19(30)27(20)25-9-11-6-14(23)18(33-10-17(24)29)16(7-11)28(31)32/h4-9H,10H2,1-3H3,(H2,24,29). The zero-order valence-electron chi connectivity index (χ0n) is 17.8. The highest BCUT2D eigenvalue weighted by Crippen LogP contribution is 2.36. The maximum absolute atomic E-state index is 13.2. The number of hydrogen-bond donors (Lipinski definition) is 1. The summed E-state index contributed by atoms with van der Waals surface area (Å²) in [4.78, 5) is 39.7. The summed E-state index contributed by atoms with van der Waals surface area (Å²) < 4.78 is 7.31. The maximum Gasteiger partial charge on any atom is 0.312 e. The van der Waals surface area contributed by atoms with Gasteiger partial charge in [0.05, 0.1) is 26.5 Å². The second-order valence-corrected chi connectivity index (χ2v) is 9.84. The summed E-state index contributed by atoms with van der Waals surface area (Å²) in [6.45, 7) is 5.18. The third-order valence-electron chi connectivity index (χ3n) is 4.40. The van der Waals surface area contributed by atoms with Crippen LogP contribution in [0.2, 0.25) is 0 Å². The van der Waals surface area contributed by atoms with Gasteiger partial charge in [-0.2, -0.15) is 9.78 Å². The quantitative estimate of drug-likeness (QED) is 0.266. The zero-order valence-corrected chi connectivity index (χ0v) is 21.0. The number of aromatic nitrogens is 2. The molecule has 0 aliphatic rings. The lowest BCUT2D eigenvalue weighted by Gasteiger charge is -2.20. The van der Waals surface area contributed by atoms with Gasteiger partial charge < -0.3 is 10.5 Å². The van der Waals surface area contributed by atoms with E-state index in [1.165, 1.54) is 23.0 Å². The topological polar surface area (TPSA) is 143 Å². The molecular weight excluding hydrogens is 562 g/mol. The summed E-state index contributed by atoms with van der Waals surface area (Å²) in [5.74, 6) is -0.486. The molecule has 3 aromatic rings. The molecule has 1 heterocycles. The lowest BCUT2D eigenvalue weighted by molar-refractivity contribution is -0.385. The van der Waals surface area contributed by atoms with Crippen LogP contribution in [0, 0.1) is 10.1 Å². The Kier molecular flexibility index (Phi) is 6.98. The molecule has 172 valence electrons. The van der Waals surface area contributed by atoms with Gasteiger partial charge >= 0.3 is 5.69 Å². The predicted octanol–water partition coefficient (Wildman–Crippen LogP) is 3.87. The van der Waals surface area contributed by atoms with E-state index >= 15 is 0 Å². The smallest absolute Gasteiger partial charge is 0.312 e. The number of benzene rings is 2. The van der Waals surface area contributed by atoms with Gasteiger partial charge in [0, 0.05) is 21.5 Å². The minimum atomic E-state index is -0.772. The van der Waals surface area contributed by atoms with Crippen molar-refractivity contribution in [2.75, 3.05) is 6.61 Å². The summed E-state index contributed by atoms with van der Waals surface area (Å²) in [5, 5.41) is 16.2. The van der Waals surface area contributed by atoms with Crippen molar-refractivity contribution in [1.29, 1.82) is 0 Å². The molecule has 2 aromatic carbocycles. The molecule has 1 aromatic heterocycles. The van der Waals surface area contributed by atoms with Crippen molar-refractivity contribution < 1.29 is 14.5 Å². The fraction of sp³-hybridized carbons (Fsp3) is 0.238. The number of nitrogens with two attached hydrogens (primary N) is 1. The number of primary amides is 1. The van der Waals surface area contributed by atoms with Crippen molar-refractivity contribution in [2.24, 2.45) is 10.8 Å². The number of ether oxygens (including phenoxy) is 1. The van der Waals surface area contributed by atoms with Crippen molar-refractivity contribution in [1.82, 2.24) is 9.66 Å². The Hall–Kier alpha value is -3.12. The third kappa shape index (κ3) is 5.45. The number of nitro benzene ring substituents is 1. The average molecular weight is 581 g/mol. The molecule has 0 saturated carbocycles. The number of carbonyl (C=O) groups excluding carboxylic acids is 1. The summed E-state index contributed by atoms with van der Waals surface area (Å²) in [6.07, 6.45) is 1.32. The molecule has 33 heavy (non-hydrogen) atoms. The van der Waals surface area contributed by atoms with Gasteiger partial charge in [0.2, 0.25) is 5.75 Å². The average Bonchev–Trinajstić information content (AvgIpc) is 2.71. The van der Waals surface area contributed by atoms with Gasteiger partial charge in [-0.05, 0) is 40.2 Å². The number of halogens is 2. The van der Waals surface area contributed by atoms with Crippen molar-refractivity contribution in [2.45, 2.75) is 26.2 Å². The van der Waals surface area contributed by atoms with E-state index in [1.807, 2.05) is 20.8 Å². The van der Waals surface area contributed by atoms with Crippen LogP contribution in [0.4, 0.5) is 5.69 Å². The van der Waals surface area contributed by atoms with E-state index < -0.39 is 28.5 Å². The van der Waals surface area contributed by atoms with Crippen LogP contribution < -0.4 is 16.0 Å². The molecule has 0 saturated heterocycles.